The van der Waals surface area contributed by atoms with Gasteiger partial charge in [-0.05, 0) is 36.5 Å². The first-order valence-electron chi connectivity index (χ1n) is 8.92. The molecule has 0 fully saturated rings. The molecule has 0 aliphatic rings. The molecule has 0 aliphatic heterocycles. The van der Waals surface area contributed by atoms with Crippen LogP contribution in [-0.4, -0.2) is 33.5 Å². The number of nitrogens with zero attached hydrogens (tertiary/aromatic N) is 2. The maximum absolute atomic E-state index is 12.5. The van der Waals surface area contributed by atoms with Gasteiger partial charge in [0.05, 0.1) is 15.8 Å². The number of nitrogens with one attached hydrogen (secondary N) is 3. The van der Waals surface area contributed by atoms with Gasteiger partial charge in [-0.15, -0.1) is 0 Å². The number of non-ortho nitro benzene ring substituents is 1. The summed E-state index contributed by atoms with van der Waals surface area (Å²) in [4.78, 5) is 37.8. The van der Waals surface area contributed by atoms with Gasteiger partial charge in [-0.3, -0.25) is 24.3 Å². The molecule has 1 aromatic heterocycles. The molecule has 29 heavy (non-hydrogen) atoms. The number of hydrogen-bond acceptors (Lipinski definition) is 6. The van der Waals surface area contributed by atoms with Crippen molar-refractivity contribution in [3.05, 3.63) is 73.8 Å². The van der Waals surface area contributed by atoms with Crippen molar-refractivity contribution in [2.45, 2.75) is 13.0 Å². The summed E-state index contributed by atoms with van der Waals surface area (Å²) in [6.45, 7) is 1.01. The first-order valence-corrected chi connectivity index (χ1v) is 9.33. The van der Waals surface area contributed by atoms with E-state index < -0.39 is 4.92 Å². The number of anilines is 1. The van der Waals surface area contributed by atoms with Crippen LogP contribution in [0.15, 0.2) is 53.3 Å². The van der Waals surface area contributed by atoms with Gasteiger partial charge in [0.2, 0.25) is 5.91 Å². The summed E-state index contributed by atoms with van der Waals surface area (Å²) in [5.74, 6) is -0.204. The second-order valence-electron chi connectivity index (χ2n) is 6.26. The fraction of sp³-hybridized carbons (Fsp3) is 0.211. The summed E-state index contributed by atoms with van der Waals surface area (Å²) < 4.78 is 1.66. The van der Waals surface area contributed by atoms with E-state index >= 15 is 0 Å². The molecule has 0 aliphatic carbocycles. The summed E-state index contributed by atoms with van der Waals surface area (Å²) in [6.07, 6.45) is 0.118. The smallest absolute Gasteiger partial charge is 0.269 e. The molecule has 2 aromatic carbocycles. The number of para-hydroxylation sites is 1. The third-order valence-corrected chi connectivity index (χ3v) is 4.63. The number of benzene rings is 2. The molecule has 3 rings (SSSR count). The second kappa shape index (κ2) is 9.11. The number of carbonyl (C=O) groups is 1. The molecule has 0 saturated carbocycles. The topological polar surface area (TPSA) is 122 Å². The van der Waals surface area contributed by atoms with Crippen molar-refractivity contribution >= 4 is 40.4 Å². The van der Waals surface area contributed by atoms with E-state index in [1.54, 1.807) is 30.3 Å². The number of aromatic nitrogens is 2. The highest BCUT2D eigenvalue weighted by atomic mass is 32.1. The fourth-order valence-electron chi connectivity index (χ4n) is 2.81. The van der Waals surface area contributed by atoms with E-state index in [0.29, 0.717) is 24.0 Å². The van der Waals surface area contributed by atoms with Crippen molar-refractivity contribution < 1.29 is 9.72 Å². The van der Waals surface area contributed by atoms with Gasteiger partial charge in [0.1, 0.15) is 0 Å². The standard InChI is InChI=1S/C19H19N5O4S/c25-17(21-11-10-20-13-5-7-14(8-6-13)24(27)28)9-12-23-18(26)15-3-1-2-4-16(15)22-19(23)29/h1-8,20H,9-12H2,(H,21,25)(H,22,29). The van der Waals surface area contributed by atoms with E-state index in [0.717, 1.165) is 5.69 Å². The Morgan fingerprint density at radius 2 is 1.86 bits per heavy atom. The Morgan fingerprint density at radius 1 is 1.14 bits per heavy atom. The molecule has 1 heterocycles. The number of H-pyrrole nitrogens is 1. The lowest BCUT2D eigenvalue weighted by atomic mass is 10.2. The van der Waals surface area contributed by atoms with E-state index in [9.17, 15) is 19.7 Å². The maximum Gasteiger partial charge on any atom is 0.269 e. The molecule has 0 spiro atoms. The Morgan fingerprint density at radius 3 is 2.59 bits per heavy atom. The number of nitro groups is 1. The largest absolute Gasteiger partial charge is 0.383 e. The van der Waals surface area contributed by atoms with E-state index in [-0.39, 0.29) is 34.9 Å². The van der Waals surface area contributed by atoms with Crippen LogP contribution < -0.4 is 16.2 Å². The van der Waals surface area contributed by atoms with Crippen LogP contribution in [0.4, 0.5) is 11.4 Å². The van der Waals surface area contributed by atoms with Gasteiger partial charge in [0.25, 0.3) is 11.2 Å². The van der Waals surface area contributed by atoms with Gasteiger partial charge in [-0.25, -0.2) is 0 Å². The Balaban J connectivity index is 1.48. The van der Waals surface area contributed by atoms with Gasteiger partial charge in [-0.1, -0.05) is 12.1 Å². The normalized spacial score (nSPS) is 10.6. The number of hydrogen-bond donors (Lipinski definition) is 3. The summed E-state index contributed by atoms with van der Waals surface area (Å²) in [5.41, 5.74) is 1.18. The number of aromatic amines is 1. The predicted octanol–water partition coefficient (Wildman–Crippen LogP) is 2.59. The van der Waals surface area contributed by atoms with Crippen molar-refractivity contribution in [2.24, 2.45) is 0 Å². The molecule has 3 aromatic rings. The second-order valence-corrected chi connectivity index (χ2v) is 6.65. The van der Waals surface area contributed by atoms with Crippen molar-refractivity contribution in [3.63, 3.8) is 0 Å². The summed E-state index contributed by atoms with van der Waals surface area (Å²) in [6, 6.07) is 13.1. The van der Waals surface area contributed by atoms with E-state index in [1.807, 2.05) is 6.07 Å². The Labute approximate surface area is 170 Å². The van der Waals surface area contributed by atoms with Crippen LogP contribution in [0.2, 0.25) is 0 Å². The lowest BCUT2D eigenvalue weighted by Crippen LogP contribution is -2.31. The third kappa shape index (κ3) is 5.05. The number of carbonyl (C=O) groups excluding carboxylic acids is 1. The highest BCUT2D eigenvalue weighted by molar-refractivity contribution is 7.71. The van der Waals surface area contributed by atoms with Crippen LogP contribution in [0.25, 0.3) is 10.9 Å². The molecule has 0 bridgehead atoms. The molecule has 150 valence electrons. The first-order chi connectivity index (χ1) is 14.0. The number of amides is 1. The van der Waals surface area contributed by atoms with Crippen LogP contribution in [0.3, 0.4) is 0 Å². The highest BCUT2D eigenvalue weighted by Gasteiger charge is 2.08. The SMILES string of the molecule is O=C(CCn1c(=S)[nH]c2ccccc2c1=O)NCCNc1ccc([N+](=O)[O-])cc1. The lowest BCUT2D eigenvalue weighted by molar-refractivity contribution is -0.384. The van der Waals surface area contributed by atoms with Crippen molar-refractivity contribution in [3.8, 4) is 0 Å². The Hall–Kier alpha value is -3.53. The fourth-order valence-corrected chi connectivity index (χ4v) is 3.10. The van der Waals surface area contributed by atoms with Gasteiger partial charge >= 0.3 is 0 Å². The quantitative estimate of drug-likeness (QED) is 0.226. The van der Waals surface area contributed by atoms with Crippen molar-refractivity contribution in [2.75, 3.05) is 18.4 Å². The lowest BCUT2D eigenvalue weighted by Gasteiger charge is -2.10. The molecular formula is C19H19N5O4S. The molecule has 0 saturated heterocycles. The summed E-state index contributed by atoms with van der Waals surface area (Å²) in [5, 5.41) is 17.0. The van der Waals surface area contributed by atoms with Gasteiger partial charge in [0, 0.05) is 43.9 Å². The average molecular weight is 413 g/mol. The Bertz CT molecular complexity index is 1150. The molecule has 3 N–H and O–H groups in total. The zero-order chi connectivity index (χ0) is 20.8. The predicted molar refractivity (Wildman–Crippen MR) is 113 cm³/mol. The summed E-state index contributed by atoms with van der Waals surface area (Å²) >= 11 is 5.23. The minimum absolute atomic E-state index is 0.0196. The van der Waals surface area contributed by atoms with Crippen LogP contribution in [0.5, 0.6) is 0 Å². The van der Waals surface area contributed by atoms with Crippen LogP contribution in [-0.2, 0) is 11.3 Å². The van der Waals surface area contributed by atoms with Crippen molar-refractivity contribution in [1.82, 2.24) is 14.9 Å². The maximum atomic E-state index is 12.5. The first kappa shape index (κ1) is 20.2. The molecule has 9 nitrogen and oxygen atoms in total. The third-order valence-electron chi connectivity index (χ3n) is 4.31. The van der Waals surface area contributed by atoms with Crippen LogP contribution in [0.1, 0.15) is 6.42 Å². The zero-order valence-electron chi connectivity index (χ0n) is 15.4. The van der Waals surface area contributed by atoms with E-state index in [1.165, 1.54) is 16.7 Å². The molecule has 10 heteroatoms. The van der Waals surface area contributed by atoms with Crippen molar-refractivity contribution in [1.29, 1.82) is 0 Å². The van der Waals surface area contributed by atoms with Gasteiger partial charge < -0.3 is 15.6 Å². The van der Waals surface area contributed by atoms with Crippen LogP contribution >= 0.6 is 12.2 Å². The summed E-state index contributed by atoms with van der Waals surface area (Å²) in [7, 11) is 0. The highest BCUT2D eigenvalue weighted by Crippen LogP contribution is 2.14. The molecule has 0 radical (unpaired) electrons. The molecular weight excluding hydrogens is 394 g/mol. The zero-order valence-corrected chi connectivity index (χ0v) is 16.2. The number of fused-ring (bicyclic) bond motifs is 1. The number of rotatable bonds is 8. The molecule has 0 unspecified atom stereocenters. The minimum atomic E-state index is -0.461. The van der Waals surface area contributed by atoms with Crippen LogP contribution in [0, 0.1) is 14.9 Å². The Kier molecular flexibility index (Phi) is 6.35. The average Bonchev–Trinajstić information content (AvgIpc) is 2.71. The van der Waals surface area contributed by atoms with E-state index in [2.05, 4.69) is 15.6 Å². The van der Waals surface area contributed by atoms with Gasteiger partial charge in [0.15, 0.2) is 4.77 Å². The monoisotopic (exact) mass is 413 g/mol. The van der Waals surface area contributed by atoms with Gasteiger partial charge in [-0.2, -0.15) is 0 Å². The molecule has 1 amide bonds. The minimum Gasteiger partial charge on any atom is -0.383 e. The van der Waals surface area contributed by atoms with E-state index in [4.69, 9.17) is 12.2 Å². The number of nitro benzene ring substituents is 1. The molecule has 0 atom stereocenters.